The van der Waals surface area contributed by atoms with Crippen molar-refractivity contribution in [2.24, 2.45) is 5.92 Å². The lowest BCUT2D eigenvalue weighted by Crippen LogP contribution is -2.45. The van der Waals surface area contributed by atoms with Crippen LogP contribution in [0.1, 0.15) is 37.7 Å². The van der Waals surface area contributed by atoms with Gasteiger partial charge >= 0.3 is 0 Å². The summed E-state index contributed by atoms with van der Waals surface area (Å²) in [5.74, 6) is 0.651. The highest BCUT2D eigenvalue weighted by Gasteiger charge is 2.42. The molecule has 1 aliphatic carbocycles. The topological polar surface area (TPSA) is 54.7 Å². The maximum atomic E-state index is 12.3. The summed E-state index contributed by atoms with van der Waals surface area (Å²) in [6, 6.07) is 2.41. The third kappa shape index (κ3) is 2.92. The van der Waals surface area contributed by atoms with Crippen LogP contribution >= 0.6 is 0 Å². The van der Waals surface area contributed by atoms with Crippen molar-refractivity contribution < 1.29 is 13.9 Å². The van der Waals surface area contributed by atoms with Gasteiger partial charge in [0.25, 0.3) is 0 Å². The van der Waals surface area contributed by atoms with Gasteiger partial charge in [-0.15, -0.1) is 0 Å². The van der Waals surface area contributed by atoms with Gasteiger partial charge < -0.3 is 14.5 Å². The van der Waals surface area contributed by atoms with E-state index < -0.39 is 0 Å². The summed E-state index contributed by atoms with van der Waals surface area (Å²) in [4.78, 5) is 14.7. The van der Waals surface area contributed by atoms with Gasteiger partial charge in [-0.3, -0.25) is 9.69 Å². The van der Waals surface area contributed by atoms with Gasteiger partial charge in [0, 0.05) is 24.7 Å². The van der Waals surface area contributed by atoms with Crippen molar-refractivity contribution >= 4 is 5.91 Å². The number of fused-ring (bicyclic) bond motifs is 1. The number of amides is 1. The number of ether oxygens (including phenoxy) is 1. The number of carbonyl (C=O) groups is 1. The van der Waals surface area contributed by atoms with Crippen LogP contribution in [-0.4, -0.2) is 42.1 Å². The highest BCUT2D eigenvalue weighted by atomic mass is 16.5. The van der Waals surface area contributed by atoms with Crippen LogP contribution in [0.3, 0.4) is 0 Å². The molecule has 22 heavy (non-hydrogen) atoms. The number of carbonyl (C=O) groups excluding carboxylic acids is 1. The molecule has 1 aromatic heterocycles. The first-order valence-corrected chi connectivity index (χ1v) is 8.47. The summed E-state index contributed by atoms with van der Waals surface area (Å²) in [6.07, 6.45) is 9.00. The molecule has 1 saturated carbocycles. The molecule has 5 nitrogen and oxygen atoms in total. The molecule has 1 amide bonds. The van der Waals surface area contributed by atoms with Gasteiger partial charge in [0.15, 0.2) is 0 Å². The van der Waals surface area contributed by atoms with Crippen LogP contribution in [0.4, 0.5) is 0 Å². The van der Waals surface area contributed by atoms with Crippen molar-refractivity contribution in [3.05, 3.63) is 24.2 Å². The Balaban J connectivity index is 1.30. The van der Waals surface area contributed by atoms with E-state index in [0.29, 0.717) is 12.0 Å². The fourth-order valence-corrected chi connectivity index (χ4v) is 3.79. The Labute approximate surface area is 131 Å². The Morgan fingerprint density at radius 2 is 2.27 bits per heavy atom. The minimum atomic E-state index is -0.232. The zero-order valence-electron chi connectivity index (χ0n) is 12.9. The molecular weight excluding hydrogens is 280 g/mol. The average Bonchev–Trinajstić information content (AvgIpc) is 3.11. The number of rotatable bonds is 4. The molecule has 0 spiro atoms. The maximum absolute atomic E-state index is 12.3. The summed E-state index contributed by atoms with van der Waals surface area (Å²) in [7, 11) is 0. The smallest absolute Gasteiger partial charge is 0.249 e. The van der Waals surface area contributed by atoms with E-state index in [1.54, 1.807) is 12.5 Å². The van der Waals surface area contributed by atoms with Crippen LogP contribution in [0.25, 0.3) is 0 Å². The normalized spacial score (nSPS) is 32.5. The van der Waals surface area contributed by atoms with E-state index in [1.807, 2.05) is 6.07 Å². The van der Waals surface area contributed by atoms with Gasteiger partial charge in [-0.05, 0) is 50.6 Å². The van der Waals surface area contributed by atoms with Gasteiger partial charge in [-0.25, -0.2) is 0 Å². The van der Waals surface area contributed by atoms with Gasteiger partial charge in [0.1, 0.15) is 6.10 Å². The summed E-state index contributed by atoms with van der Waals surface area (Å²) in [5, 5.41) is 3.13. The van der Waals surface area contributed by atoms with Crippen molar-refractivity contribution in [2.75, 3.05) is 13.1 Å². The van der Waals surface area contributed by atoms with Gasteiger partial charge in [-0.1, -0.05) is 0 Å². The third-order valence-electron chi connectivity index (χ3n) is 5.37. The largest absolute Gasteiger partial charge is 0.472 e. The molecule has 0 bridgehead atoms. The predicted molar refractivity (Wildman–Crippen MR) is 81.2 cm³/mol. The number of furan rings is 1. The van der Waals surface area contributed by atoms with Gasteiger partial charge in [-0.2, -0.15) is 0 Å². The standard InChI is InChI=1S/C17H24N2O3/c20-17(18-14-2-1-3-14)15-8-13-4-6-19(10-16(13)22-15)9-12-5-7-21-11-12/h5,7,11,13-16H,1-4,6,8-10H2,(H,18,20)/t13-,15+,16+/m0/s1. The van der Waals surface area contributed by atoms with Crippen molar-refractivity contribution in [2.45, 2.75) is 56.9 Å². The van der Waals surface area contributed by atoms with Crippen LogP contribution < -0.4 is 5.32 Å². The Kier molecular flexibility index (Phi) is 3.92. The predicted octanol–water partition coefficient (Wildman–Crippen LogP) is 1.93. The zero-order chi connectivity index (χ0) is 14.9. The molecule has 0 radical (unpaired) electrons. The molecular formula is C17H24N2O3. The van der Waals surface area contributed by atoms with E-state index in [1.165, 1.54) is 12.0 Å². The SMILES string of the molecule is O=C(NC1CCC1)[C@H]1C[C@@H]2CCN(Cc3ccoc3)C[C@H]2O1. The molecule has 120 valence electrons. The van der Waals surface area contributed by atoms with Crippen LogP contribution in [0, 0.1) is 5.92 Å². The summed E-state index contributed by atoms with van der Waals surface area (Å²) in [6.45, 7) is 2.90. The summed E-state index contributed by atoms with van der Waals surface area (Å²) in [5.41, 5.74) is 1.20. The molecule has 3 atom stereocenters. The molecule has 3 heterocycles. The maximum Gasteiger partial charge on any atom is 0.249 e. The molecule has 0 aromatic carbocycles. The first kappa shape index (κ1) is 14.3. The number of hydrogen-bond donors (Lipinski definition) is 1. The molecule has 3 fully saturated rings. The van der Waals surface area contributed by atoms with E-state index in [-0.39, 0.29) is 18.1 Å². The number of hydrogen-bond acceptors (Lipinski definition) is 4. The molecule has 3 aliphatic rings. The highest BCUT2D eigenvalue weighted by Crippen LogP contribution is 2.34. The minimum Gasteiger partial charge on any atom is -0.472 e. The Bertz CT molecular complexity index is 512. The monoisotopic (exact) mass is 304 g/mol. The Morgan fingerprint density at radius 1 is 1.36 bits per heavy atom. The van der Waals surface area contributed by atoms with Crippen molar-refractivity contribution in [3.8, 4) is 0 Å². The Morgan fingerprint density at radius 3 is 3.00 bits per heavy atom. The molecule has 2 aliphatic heterocycles. The summed E-state index contributed by atoms with van der Waals surface area (Å²) >= 11 is 0. The number of piperidine rings is 1. The van der Waals surface area contributed by atoms with E-state index in [0.717, 1.165) is 45.3 Å². The lowest BCUT2D eigenvalue weighted by Gasteiger charge is -2.33. The van der Waals surface area contributed by atoms with Gasteiger partial charge in [0.05, 0.1) is 18.6 Å². The fourth-order valence-electron chi connectivity index (χ4n) is 3.79. The number of nitrogens with one attached hydrogen (secondary N) is 1. The number of likely N-dealkylation sites (tertiary alicyclic amines) is 1. The van der Waals surface area contributed by atoms with E-state index in [9.17, 15) is 4.79 Å². The van der Waals surface area contributed by atoms with Crippen LogP contribution in [0.5, 0.6) is 0 Å². The summed E-state index contributed by atoms with van der Waals surface area (Å²) < 4.78 is 11.2. The number of nitrogens with zero attached hydrogens (tertiary/aromatic N) is 1. The average molecular weight is 304 g/mol. The zero-order valence-corrected chi connectivity index (χ0v) is 12.9. The molecule has 0 unspecified atom stereocenters. The minimum absolute atomic E-state index is 0.112. The van der Waals surface area contributed by atoms with Crippen LogP contribution in [0.15, 0.2) is 23.0 Å². The van der Waals surface area contributed by atoms with E-state index in [4.69, 9.17) is 9.15 Å². The Hall–Kier alpha value is -1.33. The van der Waals surface area contributed by atoms with Crippen molar-refractivity contribution in [1.29, 1.82) is 0 Å². The molecule has 5 heteroatoms. The van der Waals surface area contributed by atoms with Crippen molar-refractivity contribution in [3.63, 3.8) is 0 Å². The van der Waals surface area contributed by atoms with Crippen molar-refractivity contribution in [1.82, 2.24) is 10.2 Å². The molecule has 4 rings (SSSR count). The lowest BCUT2D eigenvalue weighted by atomic mass is 9.90. The van der Waals surface area contributed by atoms with E-state index in [2.05, 4.69) is 10.2 Å². The molecule has 2 saturated heterocycles. The second-order valence-corrected chi connectivity index (χ2v) is 6.95. The highest BCUT2D eigenvalue weighted by molar-refractivity contribution is 5.81. The fraction of sp³-hybridized carbons (Fsp3) is 0.706. The van der Waals surface area contributed by atoms with Gasteiger partial charge in [0.2, 0.25) is 5.91 Å². The second kappa shape index (κ2) is 6.05. The quantitative estimate of drug-likeness (QED) is 0.923. The van der Waals surface area contributed by atoms with Crippen LogP contribution in [-0.2, 0) is 16.1 Å². The van der Waals surface area contributed by atoms with E-state index >= 15 is 0 Å². The first-order valence-electron chi connectivity index (χ1n) is 8.47. The second-order valence-electron chi connectivity index (χ2n) is 6.95. The first-order chi connectivity index (χ1) is 10.8. The third-order valence-corrected chi connectivity index (χ3v) is 5.37. The van der Waals surface area contributed by atoms with Crippen LogP contribution in [0.2, 0.25) is 0 Å². The lowest BCUT2D eigenvalue weighted by molar-refractivity contribution is -0.134. The molecule has 1 aromatic rings. The molecule has 1 N–H and O–H groups in total.